The minimum atomic E-state index is 0.728. The van der Waals surface area contributed by atoms with Crippen LogP contribution in [0.5, 0.6) is 17.2 Å². The smallest absolute Gasteiger partial charge is 0.143 e. The highest BCUT2D eigenvalue weighted by Crippen LogP contribution is 2.42. The lowest BCUT2D eigenvalue weighted by Gasteiger charge is -2.26. The van der Waals surface area contributed by atoms with Gasteiger partial charge in [0.2, 0.25) is 0 Å². The predicted molar refractivity (Wildman–Crippen MR) is 134 cm³/mol. The van der Waals surface area contributed by atoms with E-state index in [-0.39, 0.29) is 0 Å². The third-order valence-electron chi connectivity index (χ3n) is 6.05. The molecule has 1 aliphatic heterocycles. The topological polar surface area (TPSA) is 21.7 Å². The van der Waals surface area contributed by atoms with Gasteiger partial charge in [-0.05, 0) is 80.7 Å². The summed E-state index contributed by atoms with van der Waals surface area (Å²) in [6.07, 6.45) is 3.99. The van der Waals surface area contributed by atoms with Gasteiger partial charge in [0, 0.05) is 27.2 Å². The largest absolute Gasteiger partial charge is 0.492 e. The zero-order valence-corrected chi connectivity index (χ0v) is 19.4. The maximum absolute atomic E-state index is 6.48. The number of fused-ring (bicyclic) bond motifs is 1. The van der Waals surface area contributed by atoms with Gasteiger partial charge in [-0.2, -0.15) is 0 Å². The third kappa shape index (κ3) is 4.82. The van der Waals surface area contributed by atoms with Gasteiger partial charge in [-0.1, -0.05) is 36.8 Å². The van der Waals surface area contributed by atoms with Crippen LogP contribution in [0.4, 0.5) is 0 Å². The van der Waals surface area contributed by atoms with Gasteiger partial charge < -0.3 is 9.47 Å². The monoisotopic (exact) mass is 443 g/mol. The lowest BCUT2D eigenvalue weighted by molar-refractivity contribution is 0.183. The van der Waals surface area contributed by atoms with Crippen LogP contribution in [0.15, 0.2) is 72.8 Å². The summed E-state index contributed by atoms with van der Waals surface area (Å²) >= 11 is 1.79. The van der Waals surface area contributed by atoms with Crippen LogP contribution in [0.1, 0.15) is 24.1 Å². The van der Waals surface area contributed by atoms with E-state index in [1.807, 2.05) is 24.3 Å². The van der Waals surface area contributed by atoms with Crippen LogP contribution in [-0.2, 0) is 0 Å². The number of rotatable bonds is 7. The van der Waals surface area contributed by atoms with Crippen molar-refractivity contribution in [2.24, 2.45) is 0 Å². The van der Waals surface area contributed by atoms with Gasteiger partial charge in [0.1, 0.15) is 23.9 Å². The van der Waals surface area contributed by atoms with E-state index in [1.54, 1.807) is 11.3 Å². The molecule has 5 rings (SSSR count). The summed E-state index contributed by atoms with van der Waals surface area (Å²) in [7, 11) is 0. The maximum Gasteiger partial charge on any atom is 0.143 e. The standard InChI is InChI=1S/C28H29NO2S/c1-21-9-16-27(32-21)26-15-10-22-7-3-4-8-25(22)28(26)31-24-13-11-23(12-14-24)30-20-19-29-17-5-2-6-18-29/h3-4,7-16H,2,5-6,17-20H2,1H3. The Labute approximate surface area is 194 Å². The van der Waals surface area contributed by atoms with E-state index in [4.69, 9.17) is 9.47 Å². The number of ether oxygens (including phenoxy) is 2. The van der Waals surface area contributed by atoms with Crippen molar-refractivity contribution in [1.29, 1.82) is 0 Å². The van der Waals surface area contributed by atoms with Crippen LogP contribution >= 0.6 is 11.3 Å². The molecule has 0 saturated carbocycles. The van der Waals surface area contributed by atoms with E-state index >= 15 is 0 Å². The molecule has 0 unspecified atom stereocenters. The second-order valence-corrected chi connectivity index (χ2v) is 9.69. The van der Waals surface area contributed by atoms with Crippen molar-refractivity contribution >= 4 is 22.1 Å². The van der Waals surface area contributed by atoms with E-state index in [1.165, 1.54) is 47.5 Å². The van der Waals surface area contributed by atoms with E-state index in [0.717, 1.165) is 41.3 Å². The molecular weight excluding hydrogens is 414 g/mol. The quantitative estimate of drug-likeness (QED) is 0.295. The van der Waals surface area contributed by atoms with Gasteiger partial charge in [-0.3, -0.25) is 4.90 Å². The normalized spacial score (nSPS) is 14.5. The molecule has 4 aromatic rings. The minimum absolute atomic E-state index is 0.728. The fourth-order valence-electron chi connectivity index (χ4n) is 4.32. The van der Waals surface area contributed by atoms with Gasteiger partial charge in [0.25, 0.3) is 0 Å². The number of likely N-dealkylation sites (tertiary alicyclic amines) is 1. The van der Waals surface area contributed by atoms with Crippen LogP contribution in [0.3, 0.4) is 0 Å². The number of benzene rings is 3. The third-order valence-corrected chi connectivity index (χ3v) is 7.09. The number of piperidine rings is 1. The minimum Gasteiger partial charge on any atom is -0.492 e. The van der Waals surface area contributed by atoms with E-state index < -0.39 is 0 Å². The highest BCUT2D eigenvalue weighted by Gasteiger charge is 2.14. The molecule has 0 bridgehead atoms. The number of nitrogens with zero attached hydrogens (tertiary/aromatic N) is 1. The van der Waals surface area contributed by atoms with Crippen LogP contribution < -0.4 is 9.47 Å². The van der Waals surface area contributed by atoms with Gasteiger partial charge in [0.15, 0.2) is 0 Å². The first-order valence-corrected chi connectivity index (χ1v) is 12.3. The molecule has 1 saturated heterocycles. The number of thiophene rings is 1. The molecule has 1 aromatic heterocycles. The summed E-state index contributed by atoms with van der Waals surface area (Å²) in [5, 5.41) is 2.30. The molecular formula is C28H29NO2S. The fourth-order valence-corrected chi connectivity index (χ4v) is 5.21. The zero-order valence-electron chi connectivity index (χ0n) is 18.5. The average molecular weight is 444 g/mol. The lowest BCUT2D eigenvalue weighted by Crippen LogP contribution is -2.33. The molecule has 0 amide bonds. The van der Waals surface area contributed by atoms with Crippen molar-refractivity contribution in [2.75, 3.05) is 26.2 Å². The molecule has 0 atom stereocenters. The van der Waals surface area contributed by atoms with Gasteiger partial charge >= 0.3 is 0 Å². The Morgan fingerprint density at radius 2 is 1.59 bits per heavy atom. The lowest BCUT2D eigenvalue weighted by atomic mass is 10.0. The average Bonchev–Trinajstić information content (AvgIpc) is 3.27. The van der Waals surface area contributed by atoms with E-state index in [2.05, 4.69) is 60.4 Å². The molecule has 1 fully saturated rings. The summed E-state index contributed by atoms with van der Waals surface area (Å²) < 4.78 is 12.5. The Kier molecular flexibility index (Phi) is 6.42. The number of hydrogen-bond acceptors (Lipinski definition) is 4. The van der Waals surface area contributed by atoms with Crippen molar-refractivity contribution in [3.05, 3.63) is 77.7 Å². The van der Waals surface area contributed by atoms with Crippen molar-refractivity contribution in [2.45, 2.75) is 26.2 Å². The maximum atomic E-state index is 6.48. The van der Waals surface area contributed by atoms with Gasteiger partial charge in [-0.15, -0.1) is 11.3 Å². The molecule has 0 spiro atoms. The zero-order chi connectivity index (χ0) is 21.8. The van der Waals surface area contributed by atoms with Crippen LogP contribution in [0.2, 0.25) is 0 Å². The Morgan fingerprint density at radius 3 is 2.38 bits per heavy atom. The highest BCUT2D eigenvalue weighted by atomic mass is 32.1. The SMILES string of the molecule is Cc1ccc(-c2ccc3ccccc3c2Oc2ccc(OCCN3CCCCC3)cc2)s1. The Balaban J connectivity index is 1.33. The van der Waals surface area contributed by atoms with Crippen molar-refractivity contribution in [3.8, 4) is 27.7 Å². The Hall–Kier alpha value is -2.82. The molecule has 1 aliphatic rings. The van der Waals surface area contributed by atoms with Crippen molar-refractivity contribution in [3.63, 3.8) is 0 Å². The predicted octanol–water partition coefficient (Wildman–Crippen LogP) is 7.53. The Morgan fingerprint density at radius 1 is 0.812 bits per heavy atom. The van der Waals surface area contributed by atoms with Gasteiger partial charge in [-0.25, -0.2) is 0 Å². The summed E-state index contributed by atoms with van der Waals surface area (Å²) in [5.41, 5.74) is 1.13. The number of hydrogen-bond donors (Lipinski definition) is 0. The van der Waals surface area contributed by atoms with Crippen LogP contribution in [-0.4, -0.2) is 31.1 Å². The molecule has 0 radical (unpaired) electrons. The number of aryl methyl sites for hydroxylation is 1. The molecule has 0 aliphatic carbocycles. The molecule has 4 heteroatoms. The molecule has 2 heterocycles. The molecule has 3 aromatic carbocycles. The first-order valence-electron chi connectivity index (χ1n) is 11.5. The molecule has 0 N–H and O–H groups in total. The van der Waals surface area contributed by atoms with Crippen molar-refractivity contribution < 1.29 is 9.47 Å². The highest BCUT2D eigenvalue weighted by molar-refractivity contribution is 7.15. The Bertz CT molecular complexity index is 1180. The second-order valence-electron chi connectivity index (χ2n) is 8.40. The fraction of sp³-hybridized carbons (Fsp3) is 0.286. The summed E-state index contributed by atoms with van der Waals surface area (Å²) in [6, 6.07) is 25.1. The van der Waals surface area contributed by atoms with Crippen LogP contribution in [0, 0.1) is 6.92 Å². The second kappa shape index (κ2) is 9.76. The molecule has 32 heavy (non-hydrogen) atoms. The first-order chi connectivity index (χ1) is 15.8. The van der Waals surface area contributed by atoms with Crippen LogP contribution in [0.25, 0.3) is 21.2 Å². The van der Waals surface area contributed by atoms with E-state index in [9.17, 15) is 0 Å². The van der Waals surface area contributed by atoms with Gasteiger partial charge in [0.05, 0.1) is 0 Å². The summed E-state index contributed by atoms with van der Waals surface area (Å²) in [4.78, 5) is 5.01. The van der Waals surface area contributed by atoms with E-state index in [0.29, 0.717) is 0 Å². The first kappa shape index (κ1) is 21.0. The van der Waals surface area contributed by atoms with Crippen molar-refractivity contribution in [1.82, 2.24) is 4.90 Å². The summed E-state index contributed by atoms with van der Waals surface area (Å²) in [6.45, 7) is 6.27. The molecule has 164 valence electrons. The summed E-state index contributed by atoms with van der Waals surface area (Å²) in [5.74, 6) is 2.62. The molecule has 3 nitrogen and oxygen atoms in total.